The van der Waals surface area contributed by atoms with E-state index in [1.165, 1.54) is 0 Å². The lowest BCUT2D eigenvalue weighted by atomic mass is 10.3. The molecule has 0 saturated heterocycles. The maximum absolute atomic E-state index is 9.63. The highest BCUT2D eigenvalue weighted by atomic mass is 16.3. The van der Waals surface area contributed by atoms with Crippen molar-refractivity contribution < 1.29 is 5.11 Å². The molecule has 0 unspecified atom stereocenters. The van der Waals surface area contributed by atoms with Crippen LogP contribution < -0.4 is 0 Å². The first kappa shape index (κ1) is 14.6. The zero-order valence-electron chi connectivity index (χ0n) is 12.2. The average molecular weight is 302 g/mol. The van der Waals surface area contributed by atoms with Gasteiger partial charge in [0.2, 0.25) is 0 Å². The summed E-state index contributed by atoms with van der Waals surface area (Å²) in [5, 5.41) is 26.1. The first-order valence-corrected chi connectivity index (χ1v) is 7.08. The van der Waals surface area contributed by atoms with Crippen molar-refractivity contribution in [2.45, 2.75) is 0 Å². The third-order valence-electron chi connectivity index (χ3n) is 3.04. The Hall–Kier alpha value is -3.34. The fraction of sp³-hybridized carbons (Fsp3) is 0. The van der Waals surface area contributed by atoms with Crippen molar-refractivity contribution in [3.8, 4) is 5.75 Å². The van der Waals surface area contributed by atoms with Crippen LogP contribution in [0.3, 0.4) is 0 Å². The van der Waals surface area contributed by atoms with Crippen LogP contribution in [0.4, 0.5) is 22.7 Å². The molecule has 0 bridgehead atoms. The molecule has 0 atom stereocenters. The summed E-state index contributed by atoms with van der Waals surface area (Å²) in [4.78, 5) is 0. The Morgan fingerprint density at radius 3 is 1.57 bits per heavy atom. The zero-order valence-corrected chi connectivity index (χ0v) is 12.2. The third kappa shape index (κ3) is 4.07. The zero-order chi connectivity index (χ0) is 15.9. The lowest BCUT2D eigenvalue weighted by molar-refractivity contribution is 0.476. The van der Waals surface area contributed by atoms with E-state index in [4.69, 9.17) is 0 Å². The summed E-state index contributed by atoms with van der Waals surface area (Å²) in [5.74, 6) is 0.101. The van der Waals surface area contributed by atoms with Crippen LogP contribution in [-0.4, -0.2) is 5.11 Å². The average Bonchev–Trinajstić information content (AvgIpc) is 2.61. The molecule has 3 aromatic carbocycles. The summed E-state index contributed by atoms with van der Waals surface area (Å²) in [7, 11) is 0. The molecule has 5 heteroatoms. The maximum atomic E-state index is 9.63. The molecule has 3 aromatic rings. The molecular formula is C18H14N4O. The Kier molecular flexibility index (Phi) is 4.49. The van der Waals surface area contributed by atoms with Crippen LogP contribution in [0, 0.1) is 0 Å². The van der Waals surface area contributed by atoms with E-state index in [-0.39, 0.29) is 5.75 Å². The van der Waals surface area contributed by atoms with Gasteiger partial charge < -0.3 is 5.11 Å². The van der Waals surface area contributed by atoms with Crippen molar-refractivity contribution in [1.82, 2.24) is 0 Å². The molecule has 0 aliphatic carbocycles. The number of para-hydroxylation sites is 1. The molecule has 0 aromatic heterocycles. The maximum Gasteiger partial charge on any atom is 0.143 e. The third-order valence-corrected chi connectivity index (χ3v) is 3.04. The SMILES string of the molecule is Oc1ccccc1N=Nc1ccc(N=Nc2ccccc2)cc1. The molecule has 0 heterocycles. The summed E-state index contributed by atoms with van der Waals surface area (Å²) in [5.41, 5.74) is 2.64. The van der Waals surface area contributed by atoms with Crippen LogP contribution >= 0.6 is 0 Å². The van der Waals surface area contributed by atoms with E-state index in [0.29, 0.717) is 11.4 Å². The van der Waals surface area contributed by atoms with E-state index in [1.54, 1.807) is 36.4 Å². The molecule has 5 nitrogen and oxygen atoms in total. The Morgan fingerprint density at radius 1 is 0.478 bits per heavy atom. The lowest BCUT2D eigenvalue weighted by Crippen LogP contribution is -1.67. The first-order valence-electron chi connectivity index (χ1n) is 7.08. The number of benzene rings is 3. The molecule has 112 valence electrons. The standard InChI is InChI=1S/C18H14N4O/c23-18-9-5-4-8-17(18)22-21-16-12-10-15(11-13-16)20-19-14-6-2-1-3-7-14/h1-13,23H. The van der Waals surface area contributed by atoms with Gasteiger partial charge in [0, 0.05) is 0 Å². The summed E-state index contributed by atoms with van der Waals surface area (Å²) < 4.78 is 0. The second-order valence-corrected chi connectivity index (χ2v) is 4.74. The Bertz CT molecular complexity index is 827. The van der Waals surface area contributed by atoms with Gasteiger partial charge in [-0.15, -0.1) is 5.11 Å². The minimum Gasteiger partial charge on any atom is -0.506 e. The molecule has 1 N–H and O–H groups in total. The Morgan fingerprint density at radius 2 is 0.957 bits per heavy atom. The minimum atomic E-state index is 0.101. The molecule has 0 spiro atoms. The van der Waals surface area contributed by atoms with E-state index in [1.807, 2.05) is 42.5 Å². The molecule has 0 saturated carbocycles. The van der Waals surface area contributed by atoms with Gasteiger partial charge in [-0.1, -0.05) is 30.3 Å². The van der Waals surface area contributed by atoms with Gasteiger partial charge in [-0.3, -0.25) is 0 Å². The molecule has 3 rings (SSSR count). The van der Waals surface area contributed by atoms with E-state index in [2.05, 4.69) is 20.5 Å². The van der Waals surface area contributed by atoms with E-state index in [9.17, 15) is 5.11 Å². The summed E-state index contributed by atoms with van der Waals surface area (Å²) in [6.45, 7) is 0. The van der Waals surface area contributed by atoms with Crippen molar-refractivity contribution in [3.63, 3.8) is 0 Å². The molecule has 0 aliphatic heterocycles. The van der Waals surface area contributed by atoms with Crippen LogP contribution in [0.15, 0.2) is 99.3 Å². The van der Waals surface area contributed by atoms with Crippen molar-refractivity contribution in [1.29, 1.82) is 0 Å². The number of rotatable bonds is 4. The Balaban J connectivity index is 1.70. The number of phenols is 1. The molecule has 0 fully saturated rings. The predicted octanol–water partition coefficient (Wildman–Crippen LogP) is 6.22. The number of aromatic hydroxyl groups is 1. The van der Waals surface area contributed by atoms with E-state index in [0.717, 1.165) is 11.4 Å². The number of hydrogen-bond acceptors (Lipinski definition) is 5. The second-order valence-electron chi connectivity index (χ2n) is 4.74. The number of azo groups is 2. The number of nitrogens with zero attached hydrogens (tertiary/aromatic N) is 4. The summed E-state index contributed by atoms with van der Waals surface area (Å²) >= 11 is 0. The second kappa shape index (κ2) is 7.09. The van der Waals surface area contributed by atoms with Crippen molar-refractivity contribution >= 4 is 22.7 Å². The van der Waals surface area contributed by atoms with Crippen LogP contribution in [0.5, 0.6) is 5.75 Å². The molecule has 0 amide bonds. The van der Waals surface area contributed by atoms with E-state index < -0.39 is 0 Å². The van der Waals surface area contributed by atoms with Gasteiger partial charge >= 0.3 is 0 Å². The highest BCUT2D eigenvalue weighted by Gasteiger charge is 1.97. The molecule has 23 heavy (non-hydrogen) atoms. The van der Waals surface area contributed by atoms with Crippen LogP contribution in [0.1, 0.15) is 0 Å². The van der Waals surface area contributed by atoms with Gasteiger partial charge in [-0.05, 0) is 48.5 Å². The fourth-order valence-corrected chi connectivity index (χ4v) is 1.86. The van der Waals surface area contributed by atoms with Gasteiger partial charge in [0.05, 0.1) is 17.1 Å². The largest absolute Gasteiger partial charge is 0.506 e. The number of phenolic OH excluding ortho intramolecular Hbond substituents is 1. The van der Waals surface area contributed by atoms with Crippen molar-refractivity contribution in [2.24, 2.45) is 20.5 Å². The molecule has 0 aliphatic rings. The topological polar surface area (TPSA) is 69.7 Å². The molecular weight excluding hydrogens is 288 g/mol. The van der Waals surface area contributed by atoms with E-state index >= 15 is 0 Å². The van der Waals surface area contributed by atoms with Crippen LogP contribution in [0.2, 0.25) is 0 Å². The fourth-order valence-electron chi connectivity index (χ4n) is 1.86. The first-order chi connectivity index (χ1) is 11.3. The minimum absolute atomic E-state index is 0.101. The van der Waals surface area contributed by atoms with Gasteiger partial charge in [-0.25, -0.2) is 0 Å². The van der Waals surface area contributed by atoms with Gasteiger partial charge in [0.25, 0.3) is 0 Å². The van der Waals surface area contributed by atoms with Gasteiger partial charge in [-0.2, -0.15) is 15.3 Å². The smallest absolute Gasteiger partial charge is 0.143 e. The lowest BCUT2D eigenvalue weighted by Gasteiger charge is -1.97. The highest BCUT2D eigenvalue weighted by Crippen LogP contribution is 2.28. The quantitative estimate of drug-likeness (QED) is 0.571. The summed E-state index contributed by atoms with van der Waals surface area (Å²) in [6.07, 6.45) is 0. The van der Waals surface area contributed by atoms with Crippen LogP contribution in [0.25, 0.3) is 0 Å². The highest BCUT2D eigenvalue weighted by molar-refractivity contribution is 5.51. The monoisotopic (exact) mass is 302 g/mol. The summed E-state index contributed by atoms with van der Waals surface area (Å²) in [6, 6.07) is 23.5. The predicted molar refractivity (Wildman–Crippen MR) is 89.3 cm³/mol. The van der Waals surface area contributed by atoms with Crippen molar-refractivity contribution in [2.75, 3.05) is 0 Å². The van der Waals surface area contributed by atoms with Gasteiger partial charge in [0.15, 0.2) is 0 Å². The number of hydrogen-bond donors (Lipinski definition) is 1. The van der Waals surface area contributed by atoms with Crippen molar-refractivity contribution in [3.05, 3.63) is 78.9 Å². The normalized spacial score (nSPS) is 11.3. The molecule has 0 radical (unpaired) electrons. The van der Waals surface area contributed by atoms with Crippen LogP contribution in [-0.2, 0) is 0 Å². The van der Waals surface area contributed by atoms with Gasteiger partial charge in [0.1, 0.15) is 11.4 Å². The Labute approximate surface area is 133 Å².